The van der Waals surface area contributed by atoms with Crippen molar-refractivity contribution in [2.75, 3.05) is 6.54 Å². The molecule has 1 aliphatic rings. The number of likely N-dealkylation sites (tertiary alicyclic amines) is 1. The molecule has 0 aromatic carbocycles. The third kappa shape index (κ3) is 2.94. The first-order valence-corrected chi connectivity index (χ1v) is 7.27. The third-order valence-corrected chi connectivity index (χ3v) is 3.78. The topological polar surface area (TPSA) is 72.1 Å². The second-order valence-corrected chi connectivity index (χ2v) is 5.27. The SMILES string of the molecule is Cc1nc(C2CCCCCN2C(=O)c2ccncc2)no1. The molecule has 21 heavy (non-hydrogen) atoms. The summed E-state index contributed by atoms with van der Waals surface area (Å²) < 4.78 is 5.08. The number of amides is 1. The fourth-order valence-corrected chi connectivity index (χ4v) is 2.73. The Morgan fingerprint density at radius 1 is 1.29 bits per heavy atom. The van der Waals surface area contributed by atoms with E-state index in [1.807, 2.05) is 4.90 Å². The smallest absolute Gasteiger partial charge is 0.254 e. The van der Waals surface area contributed by atoms with Gasteiger partial charge in [0.2, 0.25) is 5.89 Å². The number of carbonyl (C=O) groups is 1. The highest BCUT2D eigenvalue weighted by molar-refractivity contribution is 5.94. The van der Waals surface area contributed by atoms with Gasteiger partial charge in [-0.1, -0.05) is 18.0 Å². The molecule has 1 atom stereocenters. The summed E-state index contributed by atoms with van der Waals surface area (Å²) in [5, 5.41) is 4.02. The van der Waals surface area contributed by atoms with E-state index >= 15 is 0 Å². The van der Waals surface area contributed by atoms with Crippen molar-refractivity contribution in [1.29, 1.82) is 0 Å². The van der Waals surface area contributed by atoms with Crippen LogP contribution in [0.3, 0.4) is 0 Å². The Morgan fingerprint density at radius 3 is 2.81 bits per heavy atom. The van der Waals surface area contributed by atoms with Crippen LogP contribution >= 0.6 is 0 Å². The van der Waals surface area contributed by atoms with Gasteiger partial charge in [0, 0.05) is 31.4 Å². The van der Waals surface area contributed by atoms with Gasteiger partial charge >= 0.3 is 0 Å². The van der Waals surface area contributed by atoms with Crippen molar-refractivity contribution in [3.05, 3.63) is 41.8 Å². The number of pyridine rings is 1. The molecule has 1 saturated heterocycles. The van der Waals surface area contributed by atoms with E-state index in [-0.39, 0.29) is 11.9 Å². The molecule has 0 bridgehead atoms. The maximum atomic E-state index is 12.8. The molecule has 3 rings (SSSR count). The monoisotopic (exact) mass is 286 g/mol. The molecule has 110 valence electrons. The number of carbonyl (C=O) groups excluding carboxylic acids is 1. The summed E-state index contributed by atoms with van der Waals surface area (Å²) in [4.78, 5) is 22.9. The van der Waals surface area contributed by atoms with Crippen LogP contribution in [-0.4, -0.2) is 32.5 Å². The van der Waals surface area contributed by atoms with Gasteiger partial charge in [0.15, 0.2) is 5.82 Å². The second kappa shape index (κ2) is 6.03. The summed E-state index contributed by atoms with van der Waals surface area (Å²) >= 11 is 0. The maximum absolute atomic E-state index is 12.8. The van der Waals surface area contributed by atoms with Crippen LogP contribution in [-0.2, 0) is 0 Å². The number of nitrogens with zero attached hydrogens (tertiary/aromatic N) is 4. The van der Waals surface area contributed by atoms with Crippen LogP contribution in [0.2, 0.25) is 0 Å². The summed E-state index contributed by atoms with van der Waals surface area (Å²) in [6, 6.07) is 3.38. The van der Waals surface area contributed by atoms with Crippen LogP contribution in [0.4, 0.5) is 0 Å². The minimum atomic E-state index is -0.106. The van der Waals surface area contributed by atoms with Crippen LogP contribution in [0.15, 0.2) is 29.0 Å². The molecule has 6 nitrogen and oxygen atoms in total. The molecule has 2 aromatic rings. The number of hydrogen-bond acceptors (Lipinski definition) is 5. The summed E-state index contributed by atoms with van der Waals surface area (Å²) in [6.07, 6.45) is 7.34. The lowest BCUT2D eigenvalue weighted by Crippen LogP contribution is -2.35. The molecular formula is C15H18N4O2. The molecule has 0 spiro atoms. The van der Waals surface area contributed by atoms with Gasteiger partial charge in [0.05, 0.1) is 6.04 Å². The first-order chi connectivity index (χ1) is 10.3. The van der Waals surface area contributed by atoms with Crippen molar-refractivity contribution < 1.29 is 9.32 Å². The van der Waals surface area contributed by atoms with Gasteiger partial charge in [-0.2, -0.15) is 4.98 Å². The normalized spacial score (nSPS) is 19.3. The van der Waals surface area contributed by atoms with E-state index in [2.05, 4.69) is 15.1 Å². The number of rotatable bonds is 2. The predicted molar refractivity (Wildman–Crippen MR) is 75.5 cm³/mol. The Bertz CT molecular complexity index is 611. The van der Waals surface area contributed by atoms with Crippen LogP contribution < -0.4 is 0 Å². The highest BCUT2D eigenvalue weighted by Gasteiger charge is 2.30. The first kappa shape index (κ1) is 13.7. The fraction of sp³-hybridized carbons (Fsp3) is 0.467. The Morgan fingerprint density at radius 2 is 2.10 bits per heavy atom. The van der Waals surface area contributed by atoms with E-state index in [1.165, 1.54) is 0 Å². The molecule has 0 aliphatic carbocycles. The summed E-state index contributed by atoms with van der Waals surface area (Å²) in [5.41, 5.74) is 0.650. The van der Waals surface area contributed by atoms with E-state index in [0.29, 0.717) is 17.3 Å². The molecule has 1 aliphatic heterocycles. The predicted octanol–water partition coefficient (Wildman–Crippen LogP) is 2.53. The van der Waals surface area contributed by atoms with Crippen molar-refractivity contribution in [3.8, 4) is 0 Å². The van der Waals surface area contributed by atoms with Gasteiger partial charge in [-0.3, -0.25) is 9.78 Å². The highest BCUT2D eigenvalue weighted by atomic mass is 16.5. The highest BCUT2D eigenvalue weighted by Crippen LogP contribution is 2.29. The summed E-state index contributed by atoms with van der Waals surface area (Å²) in [6.45, 7) is 2.49. The van der Waals surface area contributed by atoms with Gasteiger partial charge in [0.25, 0.3) is 5.91 Å². The molecule has 3 heterocycles. The van der Waals surface area contributed by atoms with E-state index in [4.69, 9.17) is 4.52 Å². The van der Waals surface area contributed by atoms with Crippen LogP contribution in [0, 0.1) is 6.92 Å². The maximum Gasteiger partial charge on any atom is 0.254 e. The van der Waals surface area contributed by atoms with Gasteiger partial charge < -0.3 is 9.42 Å². The largest absolute Gasteiger partial charge is 0.340 e. The van der Waals surface area contributed by atoms with Crippen molar-refractivity contribution in [3.63, 3.8) is 0 Å². The first-order valence-electron chi connectivity index (χ1n) is 7.27. The summed E-state index contributed by atoms with van der Waals surface area (Å²) in [7, 11) is 0. The lowest BCUT2D eigenvalue weighted by atomic mass is 10.1. The van der Waals surface area contributed by atoms with E-state index in [9.17, 15) is 4.79 Å². The molecular weight excluding hydrogens is 268 g/mol. The Labute approximate surface area is 123 Å². The average Bonchev–Trinajstić information content (AvgIpc) is 2.80. The van der Waals surface area contributed by atoms with Gasteiger partial charge in [-0.05, 0) is 25.0 Å². The molecule has 2 aromatic heterocycles. The van der Waals surface area contributed by atoms with Crippen molar-refractivity contribution >= 4 is 5.91 Å². The zero-order chi connectivity index (χ0) is 14.7. The standard InChI is InChI=1S/C15H18N4O2/c1-11-17-14(18-21-11)13-5-3-2-4-10-19(13)15(20)12-6-8-16-9-7-12/h6-9,13H,2-5,10H2,1H3. The van der Waals surface area contributed by atoms with E-state index < -0.39 is 0 Å². The number of hydrogen-bond donors (Lipinski definition) is 0. The second-order valence-electron chi connectivity index (χ2n) is 5.27. The minimum absolute atomic E-state index is 0.00625. The van der Waals surface area contributed by atoms with Crippen molar-refractivity contribution in [1.82, 2.24) is 20.0 Å². The quantitative estimate of drug-likeness (QED) is 0.848. The number of aromatic nitrogens is 3. The Kier molecular flexibility index (Phi) is 3.94. The number of aryl methyl sites for hydroxylation is 1. The van der Waals surface area contributed by atoms with Crippen LogP contribution in [0.1, 0.15) is 53.8 Å². The molecule has 0 N–H and O–H groups in total. The zero-order valence-corrected chi connectivity index (χ0v) is 12.0. The van der Waals surface area contributed by atoms with Crippen LogP contribution in [0.25, 0.3) is 0 Å². The molecule has 6 heteroatoms. The third-order valence-electron chi connectivity index (χ3n) is 3.78. The lowest BCUT2D eigenvalue weighted by molar-refractivity contribution is 0.0670. The molecule has 1 fully saturated rings. The van der Waals surface area contributed by atoms with Gasteiger partial charge in [-0.25, -0.2) is 0 Å². The van der Waals surface area contributed by atoms with Crippen LogP contribution in [0.5, 0.6) is 0 Å². The molecule has 0 radical (unpaired) electrons. The summed E-state index contributed by atoms with van der Waals surface area (Å²) in [5.74, 6) is 1.15. The lowest BCUT2D eigenvalue weighted by Gasteiger charge is -2.27. The average molecular weight is 286 g/mol. The minimum Gasteiger partial charge on any atom is -0.340 e. The zero-order valence-electron chi connectivity index (χ0n) is 12.0. The molecule has 0 saturated carbocycles. The van der Waals surface area contributed by atoms with Gasteiger partial charge in [-0.15, -0.1) is 0 Å². The fourth-order valence-electron chi connectivity index (χ4n) is 2.73. The molecule has 1 unspecified atom stereocenters. The Balaban J connectivity index is 1.90. The van der Waals surface area contributed by atoms with Crippen molar-refractivity contribution in [2.24, 2.45) is 0 Å². The van der Waals surface area contributed by atoms with E-state index in [1.54, 1.807) is 31.5 Å². The van der Waals surface area contributed by atoms with E-state index in [0.717, 1.165) is 32.2 Å². The van der Waals surface area contributed by atoms with Crippen molar-refractivity contribution in [2.45, 2.75) is 38.6 Å². The Hall–Kier alpha value is -2.24. The molecule has 1 amide bonds. The van der Waals surface area contributed by atoms with Gasteiger partial charge in [0.1, 0.15) is 0 Å².